The van der Waals surface area contributed by atoms with E-state index in [0.717, 1.165) is 25.2 Å². The van der Waals surface area contributed by atoms with Crippen LogP contribution in [0.25, 0.3) is 0 Å². The van der Waals surface area contributed by atoms with Crippen molar-refractivity contribution in [3.63, 3.8) is 0 Å². The summed E-state index contributed by atoms with van der Waals surface area (Å²) in [4.78, 5) is 2.42. The highest BCUT2D eigenvalue weighted by Gasteiger charge is 2.23. The van der Waals surface area contributed by atoms with E-state index >= 15 is 0 Å². The van der Waals surface area contributed by atoms with Gasteiger partial charge in [-0.2, -0.15) is 5.26 Å². The van der Waals surface area contributed by atoms with Crippen LogP contribution in [0.3, 0.4) is 0 Å². The van der Waals surface area contributed by atoms with Crippen molar-refractivity contribution in [2.24, 2.45) is 11.7 Å². The van der Waals surface area contributed by atoms with E-state index in [1.807, 2.05) is 12.1 Å². The summed E-state index contributed by atoms with van der Waals surface area (Å²) in [7, 11) is 0. The van der Waals surface area contributed by atoms with Crippen LogP contribution in [0.4, 0.5) is 0 Å². The van der Waals surface area contributed by atoms with E-state index in [4.69, 9.17) is 11.0 Å². The molecule has 1 saturated heterocycles. The van der Waals surface area contributed by atoms with Crippen LogP contribution >= 0.6 is 0 Å². The monoisotopic (exact) mass is 243 g/mol. The summed E-state index contributed by atoms with van der Waals surface area (Å²) >= 11 is 0. The van der Waals surface area contributed by atoms with Gasteiger partial charge in [-0.3, -0.25) is 4.90 Å². The largest absolute Gasteiger partial charge is 0.326 e. The van der Waals surface area contributed by atoms with E-state index in [-0.39, 0.29) is 6.04 Å². The van der Waals surface area contributed by atoms with Crippen LogP contribution in [0.5, 0.6) is 0 Å². The molecular weight excluding hydrogens is 222 g/mol. The Morgan fingerprint density at radius 3 is 2.89 bits per heavy atom. The van der Waals surface area contributed by atoms with E-state index in [0.29, 0.717) is 5.92 Å². The van der Waals surface area contributed by atoms with Crippen LogP contribution in [-0.4, -0.2) is 24.0 Å². The number of aryl methyl sites for hydroxylation is 1. The van der Waals surface area contributed by atoms with E-state index in [1.54, 1.807) is 0 Å². The lowest BCUT2D eigenvalue weighted by atomic mass is 9.93. The molecule has 2 unspecified atom stereocenters. The van der Waals surface area contributed by atoms with Crippen molar-refractivity contribution < 1.29 is 0 Å². The fourth-order valence-electron chi connectivity index (χ4n) is 2.50. The van der Waals surface area contributed by atoms with Crippen LogP contribution in [-0.2, 0) is 6.54 Å². The Kier molecular flexibility index (Phi) is 4.00. The first-order chi connectivity index (χ1) is 8.60. The molecule has 1 aliphatic rings. The number of likely N-dealkylation sites (tertiary alicyclic amines) is 1. The second-order valence-corrected chi connectivity index (χ2v) is 5.42. The van der Waals surface area contributed by atoms with Gasteiger partial charge in [-0.25, -0.2) is 0 Å². The Labute approximate surface area is 109 Å². The van der Waals surface area contributed by atoms with Gasteiger partial charge in [-0.1, -0.05) is 13.0 Å². The first-order valence-corrected chi connectivity index (χ1v) is 6.57. The molecule has 1 aromatic carbocycles. The molecule has 18 heavy (non-hydrogen) atoms. The summed E-state index contributed by atoms with van der Waals surface area (Å²) in [5, 5.41) is 8.86. The SMILES string of the molecule is Cc1cc(C#N)ccc1CN1CCC(C)C(N)C1. The fourth-order valence-corrected chi connectivity index (χ4v) is 2.50. The quantitative estimate of drug-likeness (QED) is 0.864. The number of rotatable bonds is 2. The van der Waals surface area contributed by atoms with Gasteiger partial charge < -0.3 is 5.73 Å². The zero-order valence-electron chi connectivity index (χ0n) is 11.2. The average molecular weight is 243 g/mol. The molecule has 2 rings (SSSR count). The molecule has 2 atom stereocenters. The maximum Gasteiger partial charge on any atom is 0.0991 e. The number of hydrogen-bond acceptors (Lipinski definition) is 3. The van der Waals surface area contributed by atoms with Crippen molar-refractivity contribution in [3.05, 3.63) is 34.9 Å². The molecular formula is C15H21N3. The molecule has 0 radical (unpaired) electrons. The predicted molar refractivity (Wildman–Crippen MR) is 72.9 cm³/mol. The molecule has 0 aromatic heterocycles. The first kappa shape index (κ1) is 13.1. The molecule has 0 amide bonds. The van der Waals surface area contributed by atoms with Gasteiger partial charge in [0.1, 0.15) is 0 Å². The molecule has 0 spiro atoms. The number of piperidine rings is 1. The van der Waals surface area contributed by atoms with Crippen LogP contribution in [0.1, 0.15) is 30.0 Å². The van der Waals surface area contributed by atoms with E-state index in [2.05, 4.69) is 30.9 Å². The van der Waals surface area contributed by atoms with Crippen molar-refractivity contribution in [1.29, 1.82) is 5.26 Å². The molecule has 1 aromatic rings. The third kappa shape index (κ3) is 2.90. The Morgan fingerprint density at radius 1 is 1.50 bits per heavy atom. The highest BCUT2D eigenvalue weighted by Crippen LogP contribution is 2.19. The zero-order valence-corrected chi connectivity index (χ0v) is 11.2. The van der Waals surface area contributed by atoms with Crippen LogP contribution < -0.4 is 5.73 Å². The minimum atomic E-state index is 0.289. The summed E-state index contributed by atoms with van der Waals surface area (Å²) in [5.41, 5.74) is 9.35. The molecule has 2 N–H and O–H groups in total. The fraction of sp³-hybridized carbons (Fsp3) is 0.533. The van der Waals surface area contributed by atoms with Crippen LogP contribution in [0, 0.1) is 24.2 Å². The number of nitriles is 1. The van der Waals surface area contributed by atoms with E-state index < -0.39 is 0 Å². The first-order valence-electron chi connectivity index (χ1n) is 6.57. The van der Waals surface area contributed by atoms with Crippen molar-refractivity contribution in [2.75, 3.05) is 13.1 Å². The molecule has 0 bridgehead atoms. The van der Waals surface area contributed by atoms with Crippen molar-refractivity contribution in [1.82, 2.24) is 4.90 Å². The van der Waals surface area contributed by atoms with Gasteiger partial charge in [0.15, 0.2) is 0 Å². The van der Waals surface area contributed by atoms with E-state index in [1.165, 1.54) is 17.5 Å². The summed E-state index contributed by atoms with van der Waals surface area (Å²) in [5.74, 6) is 0.628. The Morgan fingerprint density at radius 2 is 2.28 bits per heavy atom. The van der Waals surface area contributed by atoms with Gasteiger partial charge in [0, 0.05) is 19.1 Å². The van der Waals surface area contributed by atoms with Crippen molar-refractivity contribution in [3.8, 4) is 6.07 Å². The topological polar surface area (TPSA) is 53.0 Å². The number of nitrogens with zero attached hydrogens (tertiary/aromatic N) is 2. The van der Waals surface area contributed by atoms with E-state index in [9.17, 15) is 0 Å². The smallest absolute Gasteiger partial charge is 0.0991 e. The highest BCUT2D eigenvalue weighted by molar-refractivity contribution is 5.37. The summed E-state index contributed by atoms with van der Waals surface area (Å²) < 4.78 is 0. The standard InChI is InChI=1S/C15H21N3/c1-11-5-6-18(10-15(11)17)9-14-4-3-13(8-16)7-12(14)2/h3-4,7,11,15H,5-6,9-10,17H2,1-2H3. The minimum absolute atomic E-state index is 0.289. The second kappa shape index (κ2) is 5.51. The Bertz CT molecular complexity index is 461. The molecule has 3 heteroatoms. The van der Waals surface area contributed by atoms with Gasteiger partial charge in [0.05, 0.1) is 11.6 Å². The van der Waals surface area contributed by atoms with Crippen molar-refractivity contribution >= 4 is 0 Å². The zero-order chi connectivity index (χ0) is 13.1. The third-order valence-electron chi connectivity index (χ3n) is 3.97. The number of benzene rings is 1. The predicted octanol–water partition coefficient (Wildman–Crippen LogP) is 2.04. The summed E-state index contributed by atoms with van der Waals surface area (Å²) in [6.45, 7) is 7.34. The van der Waals surface area contributed by atoms with Gasteiger partial charge in [-0.15, -0.1) is 0 Å². The molecule has 1 fully saturated rings. The lowest BCUT2D eigenvalue weighted by molar-refractivity contribution is 0.162. The number of hydrogen-bond donors (Lipinski definition) is 1. The van der Waals surface area contributed by atoms with Gasteiger partial charge in [0.2, 0.25) is 0 Å². The third-order valence-corrected chi connectivity index (χ3v) is 3.97. The van der Waals surface area contributed by atoms with Crippen LogP contribution in [0.15, 0.2) is 18.2 Å². The Hall–Kier alpha value is -1.37. The van der Waals surface area contributed by atoms with Crippen molar-refractivity contribution in [2.45, 2.75) is 32.9 Å². The summed E-state index contributed by atoms with van der Waals surface area (Å²) in [6, 6.07) is 8.39. The molecule has 1 aliphatic heterocycles. The Balaban J connectivity index is 2.04. The maximum absolute atomic E-state index is 8.86. The van der Waals surface area contributed by atoms with Gasteiger partial charge in [0.25, 0.3) is 0 Å². The lowest BCUT2D eigenvalue weighted by Crippen LogP contribution is -2.47. The highest BCUT2D eigenvalue weighted by atomic mass is 15.1. The molecule has 0 saturated carbocycles. The van der Waals surface area contributed by atoms with Gasteiger partial charge in [-0.05, 0) is 49.1 Å². The molecule has 0 aliphatic carbocycles. The molecule has 96 valence electrons. The maximum atomic E-state index is 8.86. The molecule has 1 heterocycles. The molecule has 3 nitrogen and oxygen atoms in total. The average Bonchev–Trinajstić information content (AvgIpc) is 2.36. The lowest BCUT2D eigenvalue weighted by Gasteiger charge is -2.35. The van der Waals surface area contributed by atoms with Gasteiger partial charge >= 0.3 is 0 Å². The van der Waals surface area contributed by atoms with Crippen LogP contribution in [0.2, 0.25) is 0 Å². The number of nitrogens with two attached hydrogens (primary N) is 1. The minimum Gasteiger partial charge on any atom is -0.326 e. The normalized spacial score (nSPS) is 24.8. The second-order valence-electron chi connectivity index (χ2n) is 5.42. The summed E-state index contributed by atoms with van der Waals surface area (Å²) in [6.07, 6.45) is 1.18.